The minimum absolute atomic E-state index is 0.168. The van der Waals surface area contributed by atoms with Crippen molar-refractivity contribution in [2.75, 3.05) is 6.61 Å². The summed E-state index contributed by atoms with van der Waals surface area (Å²) in [5.74, 6) is 0.0986. The number of rotatable bonds is 5. The second-order valence-electron chi connectivity index (χ2n) is 4.23. The monoisotopic (exact) mass is 262 g/mol. The number of nitrogens with zero attached hydrogens (tertiary/aromatic N) is 2. The quantitative estimate of drug-likeness (QED) is 0.830. The van der Waals surface area contributed by atoms with E-state index in [0.29, 0.717) is 5.82 Å². The number of aromatic nitrogens is 2. The molecule has 0 bridgehead atoms. The number of benzene rings is 1. The Morgan fingerprint density at radius 1 is 1.42 bits per heavy atom. The Balaban J connectivity index is 2.27. The third-order valence-electron chi connectivity index (χ3n) is 2.98. The maximum absolute atomic E-state index is 11.5. The van der Waals surface area contributed by atoms with Crippen LogP contribution < -0.4 is 0 Å². The highest BCUT2D eigenvalue weighted by atomic mass is 16.5. The van der Waals surface area contributed by atoms with Gasteiger partial charge in [0.05, 0.1) is 17.6 Å². The highest BCUT2D eigenvalue weighted by Crippen LogP contribution is 2.17. The molecule has 1 atom stereocenters. The number of para-hydroxylation sites is 2. The molecule has 1 aromatic heterocycles. The summed E-state index contributed by atoms with van der Waals surface area (Å²) in [4.78, 5) is 15.9. The minimum atomic E-state index is -1.16. The lowest BCUT2D eigenvalue weighted by Crippen LogP contribution is -2.26. The van der Waals surface area contributed by atoms with E-state index in [1.807, 2.05) is 35.8 Å². The van der Waals surface area contributed by atoms with Crippen LogP contribution in [-0.4, -0.2) is 33.3 Å². The SMILES string of the molecule is CCOC(=O)C(O)Cc1nc2ccccc2n1CC. The number of ether oxygens (including phenoxy) is 1. The Morgan fingerprint density at radius 3 is 2.84 bits per heavy atom. The highest BCUT2D eigenvalue weighted by Gasteiger charge is 2.20. The van der Waals surface area contributed by atoms with Crippen molar-refractivity contribution in [3.63, 3.8) is 0 Å². The van der Waals surface area contributed by atoms with Crippen LogP contribution in [0, 0.1) is 0 Å². The van der Waals surface area contributed by atoms with E-state index in [1.165, 1.54) is 0 Å². The third kappa shape index (κ3) is 2.76. The molecular formula is C14H18N2O3. The van der Waals surface area contributed by atoms with E-state index in [2.05, 4.69) is 4.98 Å². The van der Waals surface area contributed by atoms with Gasteiger partial charge in [0, 0.05) is 13.0 Å². The van der Waals surface area contributed by atoms with Gasteiger partial charge in [-0.2, -0.15) is 0 Å². The van der Waals surface area contributed by atoms with Gasteiger partial charge in [-0.05, 0) is 26.0 Å². The molecule has 1 aromatic carbocycles. The summed E-state index contributed by atoms with van der Waals surface area (Å²) in [6.45, 7) is 4.73. The number of aryl methyl sites for hydroxylation is 1. The zero-order valence-electron chi connectivity index (χ0n) is 11.2. The predicted octanol–water partition coefficient (Wildman–Crippen LogP) is 1.52. The molecule has 0 radical (unpaired) electrons. The first-order valence-corrected chi connectivity index (χ1v) is 6.46. The van der Waals surface area contributed by atoms with Crippen LogP contribution in [0.25, 0.3) is 11.0 Å². The number of esters is 1. The third-order valence-corrected chi connectivity index (χ3v) is 2.98. The molecule has 2 rings (SSSR count). The van der Waals surface area contributed by atoms with Crippen molar-refractivity contribution in [2.24, 2.45) is 0 Å². The van der Waals surface area contributed by atoms with Crippen LogP contribution in [0.4, 0.5) is 0 Å². The summed E-state index contributed by atoms with van der Waals surface area (Å²) >= 11 is 0. The summed E-state index contributed by atoms with van der Waals surface area (Å²) in [6.07, 6.45) is -0.997. The van der Waals surface area contributed by atoms with Crippen LogP contribution in [-0.2, 0) is 22.5 Å². The zero-order chi connectivity index (χ0) is 13.8. The molecule has 0 saturated heterocycles. The predicted molar refractivity (Wildman–Crippen MR) is 71.8 cm³/mol. The van der Waals surface area contributed by atoms with E-state index in [-0.39, 0.29) is 13.0 Å². The van der Waals surface area contributed by atoms with Crippen molar-refractivity contribution in [1.29, 1.82) is 0 Å². The number of carbonyl (C=O) groups is 1. The van der Waals surface area contributed by atoms with Gasteiger partial charge in [0.25, 0.3) is 0 Å². The second-order valence-corrected chi connectivity index (χ2v) is 4.23. The number of hydrogen-bond donors (Lipinski definition) is 1. The summed E-state index contributed by atoms with van der Waals surface area (Å²) in [7, 11) is 0. The molecule has 19 heavy (non-hydrogen) atoms. The minimum Gasteiger partial charge on any atom is -0.464 e. The van der Waals surface area contributed by atoms with Crippen molar-refractivity contribution in [2.45, 2.75) is 32.9 Å². The van der Waals surface area contributed by atoms with E-state index < -0.39 is 12.1 Å². The molecule has 1 heterocycles. The Labute approximate surface area is 111 Å². The first-order chi connectivity index (χ1) is 9.17. The molecule has 0 aliphatic heterocycles. The van der Waals surface area contributed by atoms with E-state index in [4.69, 9.17) is 4.74 Å². The van der Waals surface area contributed by atoms with Crippen LogP contribution in [0.15, 0.2) is 24.3 Å². The second kappa shape index (κ2) is 5.84. The van der Waals surface area contributed by atoms with E-state index in [9.17, 15) is 9.90 Å². The van der Waals surface area contributed by atoms with Gasteiger partial charge in [0.1, 0.15) is 5.82 Å². The zero-order valence-corrected chi connectivity index (χ0v) is 11.2. The molecule has 2 aromatic rings. The largest absolute Gasteiger partial charge is 0.464 e. The van der Waals surface area contributed by atoms with Crippen LogP contribution in [0.5, 0.6) is 0 Å². The van der Waals surface area contributed by atoms with Gasteiger partial charge in [-0.25, -0.2) is 9.78 Å². The van der Waals surface area contributed by atoms with E-state index >= 15 is 0 Å². The smallest absolute Gasteiger partial charge is 0.335 e. The number of aliphatic hydroxyl groups excluding tert-OH is 1. The highest BCUT2D eigenvalue weighted by molar-refractivity contribution is 5.77. The Morgan fingerprint density at radius 2 is 2.16 bits per heavy atom. The molecule has 0 aliphatic rings. The molecule has 0 spiro atoms. The molecule has 5 nitrogen and oxygen atoms in total. The topological polar surface area (TPSA) is 64.3 Å². The first kappa shape index (κ1) is 13.5. The molecule has 0 aliphatic carbocycles. The Kier molecular flexibility index (Phi) is 4.16. The van der Waals surface area contributed by atoms with E-state index in [1.54, 1.807) is 6.92 Å². The van der Waals surface area contributed by atoms with Crippen LogP contribution in [0.3, 0.4) is 0 Å². The maximum atomic E-state index is 11.5. The average molecular weight is 262 g/mol. The van der Waals surface area contributed by atoms with Crippen molar-refractivity contribution in [3.05, 3.63) is 30.1 Å². The standard InChI is InChI=1S/C14H18N2O3/c1-3-16-11-8-6-5-7-10(11)15-13(16)9-12(17)14(18)19-4-2/h5-8,12,17H,3-4,9H2,1-2H3. The summed E-state index contributed by atoms with van der Waals surface area (Å²) < 4.78 is 6.80. The lowest BCUT2D eigenvalue weighted by molar-refractivity contribution is -0.152. The number of aliphatic hydroxyl groups is 1. The Hall–Kier alpha value is -1.88. The lowest BCUT2D eigenvalue weighted by atomic mass is 10.2. The van der Waals surface area contributed by atoms with Gasteiger partial charge in [-0.3, -0.25) is 0 Å². The van der Waals surface area contributed by atoms with Crippen LogP contribution in [0.1, 0.15) is 19.7 Å². The number of fused-ring (bicyclic) bond motifs is 1. The number of imidazole rings is 1. The molecule has 1 unspecified atom stereocenters. The molecular weight excluding hydrogens is 244 g/mol. The maximum Gasteiger partial charge on any atom is 0.335 e. The van der Waals surface area contributed by atoms with Crippen molar-refractivity contribution in [3.8, 4) is 0 Å². The molecule has 0 amide bonds. The summed E-state index contributed by atoms with van der Waals surface area (Å²) in [5.41, 5.74) is 1.88. The molecule has 102 valence electrons. The fourth-order valence-corrected chi connectivity index (χ4v) is 2.13. The number of carbonyl (C=O) groups excluding carboxylic acids is 1. The van der Waals surface area contributed by atoms with Gasteiger partial charge in [-0.1, -0.05) is 12.1 Å². The van der Waals surface area contributed by atoms with Gasteiger partial charge in [0.2, 0.25) is 0 Å². The fraction of sp³-hybridized carbons (Fsp3) is 0.429. The number of hydrogen-bond acceptors (Lipinski definition) is 4. The first-order valence-electron chi connectivity index (χ1n) is 6.46. The fourth-order valence-electron chi connectivity index (χ4n) is 2.13. The Bertz CT molecular complexity index is 577. The van der Waals surface area contributed by atoms with Gasteiger partial charge in [-0.15, -0.1) is 0 Å². The average Bonchev–Trinajstić information content (AvgIpc) is 2.75. The molecule has 0 fully saturated rings. The lowest BCUT2D eigenvalue weighted by Gasteiger charge is -2.10. The molecule has 5 heteroatoms. The van der Waals surface area contributed by atoms with Gasteiger partial charge >= 0.3 is 5.97 Å². The van der Waals surface area contributed by atoms with Crippen LogP contribution >= 0.6 is 0 Å². The van der Waals surface area contributed by atoms with Gasteiger partial charge in [0.15, 0.2) is 6.10 Å². The molecule has 0 saturated carbocycles. The van der Waals surface area contributed by atoms with Crippen molar-refractivity contribution >= 4 is 17.0 Å². The van der Waals surface area contributed by atoms with Crippen molar-refractivity contribution in [1.82, 2.24) is 9.55 Å². The summed E-state index contributed by atoms with van der Waals surface area (Å²) in [5, 5.41) is 9.82. The van der Waals surface area contributed by atoms with Crippen molar-refractivity contribution < 1.29 is 14.6 Å². The van der Waals surface area contributed by atoms with Crippen LogP contribution in [0.2, 0.25) is 0 Å². The molecule has 1 N–H and O–H groups in total. The normalized spacial score (nSPS) is 12.6. The van der Waals surface area contributed by atoms with Gasteiger partial charge < -0.3 is 14.4 Å². The summed E-state index contributed by atoms with van der Waals surface area (Å²) in [6, 6.07) is 7.76. The van der Waals surface area contributed by atoms with E-state index in [0.717, 1.165) is 17.6 Å².